The Morgan fingerprint density at radius 1 is 0.808 bits per heavy atom. The highest BCUT2D eigenvalue weighted by atomic mass is 35.5. The van der Waals surface area contributed by atoms with E-state index >= 15 is 0 Å². The Kier molecular flexibility index (Phi) is 6.08. The van der Waals surface area contributed by atoms with Gasteiger partial charge < -0.3 is 10.1 Å². The van der Waals surface area contributed by atoms with Crippen molar-refractivity contribution in [2.45, 2.75) is 27.0 Å². The number of benzene rings is 3. The fourth-order valence-electron chi connectivity index (χ4n) is 2.57. The van der Waals surface area contributed by atoms with E-state index in [-0.39, 0.29) is 0 Å². The van der Waals surface area contributed by atoms with Gasteiger partial charge in [0.15, 0.2) is 0 Å². The number of halogens is 2. The fourth-order valence-corrected chi connectivity index (χ4v) is 2.95. The molecule has 0 unspecified atom stereocenters. The van der Waals surface area contributed by atoms with E-state index < -0.39 is 0 Å². The topological polar surface area (TPSA) is 21.3 Å². The van der Waals surface area contributed by atoms with Crippen molar-refractivity contribution >= 4 is 28.9 Å². The van der Waals surface area contributed by atoms with Crippen molar-refractivity contribution in [3.05, 3.63) is 93.0 Å². The summed E-state index contributed by atoms with van der Waals surface area (Å²) in [6.45, 7) is 5.39. The molecule has 2 nitrogen and oxygen atoms in total. The van der Waals surface area contributed by atoms with Gasteiger partial charge in [0.2, 0.25) is 0 Å². The van der Waals surface area contributed by atoms with Crippen molar-refractivity contribution in [3.63, 3.8) is 0 Å². The van der Waals surface area contributed by atoms with Gasteiger partial charge in [-0.3, -0.25) is 0 Å². The summed E-state index contributed by atoms with van der Waals surface area (Å²) in [6, 6.07) is 19.8. The van der Waals surface area contributed by atoms with Crippen molar-refractivity contribution in [2.75, 3.05) is 5.32 Å². The zero-order valence-corrected chi connectivity index (χ0v) is 16.4. The summed E-state index contributed by atoms with van der Waals surface area (Å²) in [4.78, 5) is 0. The second kappa shape index (κ2) is 8.48. The van der Waals surface area contributed by atoms with Gasteiger partial charge in [0, 0.05) is 17.3 Å². The second-order valence-electron chi connectivity index (χ2n) is 6.33. The normalized spacial score (nSPS) is 10.6. The van der Waals surface area contributed by atoms with Gasteiger partial charge in [-0.05, 0) is 72.5 Å². The first-order valence-corrected chi connectivity index (χ1v) is 9.23. The number of hydrogen-bond acceptors (Lipinski definition) is 2. The van der Waals surface area contributed by atoms with Crippen LogP contribution in [0.2, 0.25) is 10.0 Å². The van der Waals surface area contributed by atoms with Gasteiger partial charge in [0.05, 0.1) is 5.02 Å². The SMILES string of the molecule is Cc1ccc(NCc2ccc(OCc3ccc(Cl)cc3)c(Cl)c2)cc1C. The highest BCUT2D eigenvalue weighted by Gasteiger charge is 2.05. The van der Waals surface area contributed by atoms with E-state index in [4.69, 9.17) is 27.9 Å². The second-order valence-corrected chi connectivity index (χ2v) is 7.18. The minimum atomic E-state index is 0.455. The molecular weight excluding hydrogens is 365 g/mol. The summed E-state index contributed by atoms with van der Waals surface area (Å²) >= 11 is 12.3. The van der Waals surface area contributed by atoms with Gasteiger partial charge in [-0.1, -0.05) is 47.5 Å². The van der Waals surface area contributed by atoms with E-state index in [0.29, 0.717) is 28.9 Å². The quantitative estimate of drug-likeness (QED) is 0.503. The van der Waals surface area contributed by atoms with Crippen molar-refractivity contribution < 1.29 is 4.74 Å². The fraction of sp³-hybridized carbons (Fsp3) is 0.182. The standard InChI is InChI=1S/C22H21Cl2NO/c1-15-3-9-20(11-16(15)2)25-13-18-6-10-22(21(24)12-18)26-14-17-4-7-19(23)8-5-17/h3-12,25H,13-14H2,1-2H3. The average molecular weight is 386 g/mol. The van der Waals surface area contributed by atoms with Crippen molar-refractivity contribution in [1.82, 2.24) is 0 Å². The average Bonchev–Trinajstić information content (AvgIpc) is 2.63. The lowest BCUT2D eigenvalue weighted by Crippen LogP contribution is -2.01. The first-order chi connectivity index (χ1) is 12.5. The zero-order chi connectivity index (χ0) is 18.5. The largest absolute Gasteiger partial charge is 0.487 e. The molecule has 0 saturated carbocycles. The first kappa shape index (κ1) is 18.6. The molecule has 0 bridgehead atoms. The van der Waals surface area contributed by atoms with Crippen LogP contribution in [-0.2, 0) is 13.2 Å². The summed E-state index contributed by atoms with van der Waals surface area (Å²) < 4.78 is 5.81. The Labute approximate surface area is 164 Å². The number of ether oxygens (including phenoxy) is 1. The third kappa shape index (κ3) is 4.94. The third-order valence-corrected chi connectivity index (χ3v) is 4.85. The van der Waals surface area contributed by atoms with Gasteiger partial charge in [0.25, 0.3) is 0 Å². The number of rotatable bonds is 6. The molecule has 4 heteroatoms. The molecule has 0 aromatic heterocycles. The molecule has 0 fully saturated rings. The Morgan fingerprint density at radius 3 is 2.23 bits per heavy atom. The number of anilines is 1. The number of aryl methyl sites for hydroxylation is 2. The first-order valence-electron chi connectivity index (χ1n) is 8.48. The molecule has 3 aromatic carbocycles. The Balaban J connectivity index is 1.59. The number of nitrogens with one attached hydrogen (secondary N) is 1. The van der Waals surface area contributed by atoms with Gasteiger partial charge in [-0.2, -0.15) is 0 Å². The minimum Gasteiger partial charge on any atom is -0.487 e. The Hall–Kier alpha value is -2.16. The molecule has 1 N–H and O–H groups in total. The summed E-state index contributed by atoms with van der Waals surface area (Å²) in [5.41, 5.74) is 5.82. The zero-order valence-electron chi connectivity index (χ0n) is 14.9. The van der Waals surface area contributed by atoms with Crippen molar-refractivity contribution in [2.24, 2.45) is 0 Å². The molecule has 0 radical (unpaired) electrons. The van der Waals surface area contributed by atoms with E-state index in [1.165, 1.54) is 11.1 Å². The molecule has 0 amide bonds. The van der Waals surface area contributed by atoms with Crippen LogP contribution >= 0.6 is 23.2 Å². The molecule has 3 rings (SSSR count). The molecule has 26 heavy (non-hydrogen) atoms. The van der Waals surface area contributed by atoms with Gasteiger partial charge in [0.1, 0.15) is 12.4 Å². The molecule has 0 atom stereocenters. The van der Waals surface area contributed by atoms with Crippen molar-refractivity contribution in [1.29, 1.82) is 0 Å². The van der Waals surface area contributed by atoms with Gasteiger partial charge in [-0.15, -0.1) is 0 Å². The van der Waals surface area contributed by atoms with Gasteiger partial charge >= 0.3 is 0 Å². The van der Waals surface area contributed by atoms with Crippen LogP contribution in [0.3, 0.4) is 0 Å². The highest BCUT2D eigenvalue weighted by Crippen LogP contribution is 2.27. The van der Waals surface area contributed by atoms with E-state index in [9.17, 15) is 0 Å². The van der Waals surface area contributed by atoms with E-state index in [1.807, 2.05) is 42.5 Å². The minimum absolute atomic E-state index is 0.455. The van der Waals surface area contributed by atoms with Crippen LogP contribution in [0.1, 0.15) is 22.3 Å². The predicted octanol–water partition coefficient (Wildman–Crippen LogP) is 6.80. The molecular formula is C22H21Cl2NO. The van der Waals surface area contributed by atoms with Crippen LogP contribution in [-0.4, -0.2) is 0 Å². The van der Waals surface area contributed by atoms with Gasteiger partial charge in [-0.25, -0.2) is 0 Å². The lowest BCUT2D eigenvalue weighted by molar-refractivity contribution is 0.306. The number of hydrogen-bond donors (Lipinski definition) is 1. The molecule has 0 aliphatic carbocycles. The maximum Gasteiger partial charge on any atom is 0.138 e. The summed E-state index contributed by atoms with van der Waals surface area (Å²) in [5, 5.41) is 4.75. The maximum absolute atomic E-state index is 6.37. The van der Waals surface area contributed by atoms with Crippen LogP contribution < -0.4 is 10.1 Å². The molecule has 0 heterocycles. The van der Waals surface area contributed by atoms with Crippen LogP contribution in [0, 0.1) is 13.8 Å². The predicted molar refractivity (Wildman–Crippen MR) is 110 cm³/mol. The monoisotopic (exact) mass is 385 g/mol. The lowest BCUT2D eigenvalue weighted by atomic mass is 10.1. The lowest BCUT2D eigenvalue weighted by Gasteiger charge is -2.12. The van der Waals surface area contributed by atoms with Crippen LogP contribution in [0.15, 0.2) is 60.7 Å². The summed E-state index contributed by atoms with van der Waals surface area (Å²) in [6.07, 6.45) is 0. The molecule has 0 saturated heterocycles. The summed E-state index contributed by atoms with van der Waals surface area (Å²) in [7, 11) is 0. The Morgan fingerprint density at radius 2 is 1.54 bits per heavy atom. The molecule has 0 aliphatic rings. The van der Waals surface area contributed by atoms with E-state index in [2.05, 4.69) is 37.4 Å². The summed E-state index contributed by atoms with van der Waals surface area (Å²) in [5.74, 6) is 0.677. The highest BCUT2D eigenvalue weighted by molar-refractivity contribution is 6.32. The van der Waals surface area contributed by atoms with Crippen LogP contribution in [0.4, 0.5) is 5.69 Å². The van der Waals surface area contributed by atoms with Crippen LogP contribution in [0.25, 0.3) is 0 Å². The maximum atomic E-state index is 6.37. The molecule has 0 aliphatic heterocycles. The molecule has 0 spiro atoms. The van der Waals surface area contributed by atoms with E-state index in [1.54, 1.807) is 0 Å². The van der Waals surface area contributed by atoms with Crippen molar-refractivity contribution in [3.8, 4) is 5.75 Å². The Bertz CT molecular complexity index is 891. The molecule has 134 valence electrons. The third-order valence-electron chi connectivity index (χ3n) is 4.31. The van der Waals surface area contributed by atoms with E-state index in [0.717, 1.165) is 16.8 Å². The van der Waals surface area contributed by atoms with Crippen LogP contribution in [0.5, 0.6) is 5.75 Å². The smallest absolute Gasteiger partial charge is 0.138 e. The molecule has 3 aromatic rings.